The van der Waals surface area contributed by atoms with Crippen LogP contribution in [-0.2, 0) is 11.2 Å². The number of ether oxygens (including phenoxy) is 2. The Labute approximate surface area is 114 Å². The number of carbonyl (C=O) groups is 1. The quantitative estimate of drug-likeness (QED) is 0.736. The third kappa shape index (κ3) is 5.18. The molecule has 0 saturated carbocycles. The van der Waals surface area contributed by atoms with E-state index >= 15 is 0 Å². The second kappa shape index (κ2) is 8.37. The van der Waals surface area contributed by atoms with Crippen LogP contribution in [0.3, 0.4) is 0 Å². The largest absolute Gasteiger partial charge is 0.493 e. The Balaban J connectivity index is 2.43. The molecule has 0 bridgehead atoms. The molecule has 0 heterocycles. The number of hydrogen-bond donors (Lipinski definition) is 2. The van der Waals surface area contributed by atoms with E-state index in [0.717, 1.165) is 18.5 Å². The van der Waals surface area contributed by atoms with E-state index < -0.39 is 0 Å². The Morgan fingerprint density at radius 3 is 2.58 bits per heavy atom. The van der Waals surface area contributed by atoms with Crippen LogP contribution in [0.15, 0.2) is 18.2 Å². The molecule has 0 unspecified atom stereocenters. The second-order valence-electron chi connectivity index (χ2n) is 4.07. The fourth-order valence-corrected chi connectivity index (χ4v) is 1.68. The van der Waals surface area contributed by atoms with Gasteiger partial charge in [0.05, 0.1) is 20.8 Å². The number of benzene rings is 1. The molecular weight excluding hydrogens is 244 g/mol. The molecule has 106 valence electrons. The molecule has 5 nitrogen and oxygen atoms in total. The highest BCUT2D eigenvalue weighted by Gasteiger charge is 2.05. The van der Waals surface area contributed by atoms with Crippen LogP contribution in [0, 0.1) is 0 Å². The highest BCUT2D eigenvalue weighted by molar-refractivity contribution is 5.77. The van der Waals surface area contributed by atoms with Gasteiger partial charge in [0.15, 0.2) is 11.5 Å². The summed E-state index contributed by atoms with van der Waals surface area (Å²) in [5, 5.41) is 5.84. The number of carbonyl (C=O) groups excluding carboxylic acids is 1. The molecular formula is C14H22N2O3. The number of rotatable bonds is 8. The van der Waals surface area contributed by atoms with Crippen LogP contribution in [0.25, 0.3) is 0 Å². The van der Waals surface area contributed by atoms with Crippen molar-refractivity contribution in [2.45, 2.75) is 13.3 Å². The highest BCUT2D eigenvalue weighted by atomic mass is 16.5. The molecule has 0 aromatic heterocycles. The van der Waals surface area contributed by atoms with Crippen LogP contribution >= 0.6 is 0 Å². The predicted octanol–water partition coefficient (Wildman–Crippen LogP) is 0.972. The zero-order valence-electron chi connectivity index (χ0n) is 11.8. The first kappa shape index (κ1) is 15.3. The van der Waals surface area contributed by atoms with Crippen molar-refractivity contribution in [1.29, 1.82) is 0 Å². The molecule has 1 aromatic rings. The summed E-state index contributed by atoms with van der Waals surface area (Å²) in [6.45, 7) is 3.74. The van der Waals surface area contributed by atoms with Gasteiger partial charge in [0, 0.05) is 6.54 Å². The molecule has 5 heteroatoms. The van der Waals surface area contributed by atoms with Crippen LogP contribution in [0.2, 0.25) is 0 Å². The molecule has 0 fully saturated rings. The number of nitrogens with one attached hydrogen (secondary N) is 2. The van der Waals surface area contributed by atoms with Gasteiger partial charge in [0.25, 0.3) is 0 Å². The van der Waals surface area contributed by atoms with Crippen molar-refractivity contribution in [2.24, 2.45) is 0 Å². The average molecular weight is 266 g/mol. The monoisotopic (exact) mass is 266 g/mol. The van der Waals surface area contributed by atoms with Crippen molar-refractivity contribution in [3.05, 3.63) is 23.8 Å². The minimum absolute atomic E-state index is 0.0160. The Morgan fingerprint density at radius 1 is 1.21 bits per heavy atom. The molecule has 0 aliphatic rings. The number of hydrogen-bond acceptors (Lipinski definition) is 4. The van der Waals surface area contributed by atoms with E-state index in [4.69, 9.17) is 9.47 Å². The molecule has 1 aromatic carbocycles. The third-order valence-electron chi connectivity index (χ3n) is 2.72. The lowest BCUT2D eigenvalue weighted by molar-refractivity contribution is -0.120. The molecule has 0 aliphatic carbocycles. The van der Waals surface area contributed by atoms with Gasteiger partial charge in [-0.3, -0.25) is 4.79 Å². The molecule has 0 saturated heterocycles. The van der Waals surface area contributed by atoms with Crippen molar-refractivity contribution in [3.8, 4) is 11.5 Å². The molecule has 1 amide bonds. The first-order valence-electron chi connectivity index (χ1n) is 6.39. The predicted molar refractivity (Wildman–Crippen MR) is 74.8 cm³/mol. The molecule has 0 aliphatic heterocycles. The zero-order valence-corrected chi connectivity index (χ0v) is 11.8. The fourth-order valence-electron chi connectivity index (χ4n) is 1.68. The van der Waals surface area contributed by atoms with Gasteiger partial charge in [-0.1, -0.05) is 13.0 Å². The summed E-state index contributed by atoms with van der Waals surface area (Å²) in [5.41, 5.74) is 1.10. The van der Waals surface area contributed by atoms with Crippen molar-refractivity contribution in [3.63, 3.8) is 0 Å². The lowest BCUT2D eigenvalue weighted by Gasteiger charge is -2.10. The van der Waals surface area contributed by atoms with Gasteiger partial charge in [-0.15, -0.1) is 0 Å². The van der Waals surface area contributed by atoms with Crippen molar-refractivity contribution in [2.75, 3.05) is 33.9 Å². The van der Waals surface area contributed by atoms with Crippen molar-refractivity contribution in [1.82, 2.24) is 10.6 Å². The molecule has 0 radical (unpaired) electrons. The van der Waals surface area contributed by atoms with Crippen LogP contribution in [0.5, 0.6) is 11.5 Å². The van der Waals surface area contributed by atoms with Gasteiger partial charge in [-0.2, -0.15) is 0 Å². The van der Waals surface area contributed by atoms with Gasteiger partial charge in [-0.25, -0.2) is 0 Å². The van der Waals surface area contributed by atoms with Crippen LogP contribution in [0.1, 0.15) is 12.5 Å². The zero-order chi connectivity index (χ0) is 14.1. The Bertz CT molecular complexity index is 408. The number of amides is 1. The Hall–Kier alpha value is -1.75. The second-order valence-corrected chi connectivity index (χ2v) is 4.07. The molecule has 0 atom stereocenters. The fraction of sp³-hybridized carbons (Fsp3) is 0.500. The molecule has 0 spiro atoms. The number of methoxy groups -OCH3 is 2. The molecule has 2 N–H and O–H groups in total. The van der Waals surface area contributed by atoms with Gasteiger partial charge in [-0.05, 0) is 30.7 Å². The van der Waals surface area contributed by atoms with Gasteiger partial charge in [0.2, 0.25) is 5.91 Å². The minimum Gasteiger partial charge on any atom is -0.493 e. The lowest BCUT2D eigenvalue weighted by Crippen LogP contribution is -2.34. The SMILES string of the molecule is CCNCC(=O)NCCc1ccc(OC)c(OC)c1. The summed E-state index contributed by atoms with van der Waals surface area (Å²) in [6.07, 6.45) is 0.762. The van der Waals surface area contributed by atoms with Gasteiger partial charge < -0.3 is 20.1 Å². The molecule has 1 rings (SSSR count). The Kier molecular flexibility index (Phi) is 6.74. The summed E-state index contributed by atoms with van der Waals surface area (Å²) in [7, 11) is 3.22. The minimum atomic E-state index is 0.0160. The summed E-state index contributed by atoms with van der Waals surface area (Å²) < 4.78 is 10.4. The van der Waals surface area contributed by atoms with E-state index in [-0.39, 0.29) is 5.91 Å². The maximum Gasteiger partial charge on any atom is 0.233 e. The molecule has 19 heavy (non-hydrogen) atoms. The standard InChI is InChI=1S/C14H22N2O3/c1-4-15-10-14(17)16-8-7-11-5-6-12(18-2)13(9-11)19-3/h5-6,9,15H,4,7-8,10H2,1-3H3,(H,16,17). The van der Waals surface area contributed by atoms with E-state index in [1.807, 2.05) is 25.1 Å². The van der Waals surface area contributed by atoms with Crippen LogP contribution in [0.4, 0.5) is 0 Å². The van der Waals surface area contributed by atoms with Crippen molar-refractivity contribution >= 4 is 5.91 Å². The summed E-state index contributed by atoms with van der Waals surface area (Å²) in [4.78, 5) is 11.4. The van der Waals surface area contributed by atoms with Crippen LogP contribution in [-0.4, -0.2) is 39.8 Å². The third-order valence-corrected chi connectivity index (χ3v) is 2.72. The number of likely N-dealkylation sites (N-methyl/N-ethyl adjacent to an activating group) is 1. The first-order valence-corrected chi connectivity index (χ1v) is 6.39. The van der Waals surface area contributed by atoms with E-state index in [1.54, 1.807) is 14.2 Å². The normalized spacial score (nSPS) is 10.1. The maximum absolute atomic E-state index is 11.4. The maximum atomic E-state index is 11.4. The Morgan fingerprint density at radius 2 is 1.95 bits per heavy atom. The smallest absolute Gasteiger partial charge is 0.233 e. The summed E-state index contributed by atoms with van der Waals surface area (Å²) in [5.74, 6) is 1.43. The van der Waals surface area contributed by atoms with Gasteiger partial charge in [0.1, 0.15) is 0 Å². The van der Waals surface area contributed by atoms with Gasteiger partial charge >= 0.3 is 0 Å². The first-order chi connectivity index (χ1) is 9.21. The highest BCUT2D eigenvalue weighted by Crippen LogP contribution is 2.27. The average Bonchev–Trinajstić information content (AvgIpc) is 2.44. The van der Waals surface area contributed by atoms with Crippen LogP contribution < -0.4 is 20.1 Å². The van der Waals surface area contributed by atoms with E-state index in [9.17, 15) is 4.79 Å². The van der Waals surface area contributed by atoms with Crippen molar-refractivity contribution < 1.29 is 14.3 Å². The lowest BCUT2D eigenvalue weighted by atomic mass is 10.1. The van der Waals surface area contributed by atoms with E-state index in [1.165, 1.54) is 0 Å². The summed E-state index contributed by atoms with van der Waals surface area (Å²) in [6, 6.07) is 5.77. The van der Waals surface area contributed by atoms with E-state index in [0.29, 0.717) is 24.6 Å². The topological polar surface area (TPSA) is 59.6 Å². The van der Waals surface area contributed by atoms with E-state index in [2.05, 4.69) is 10.6 Å². The summed E-state index contributed by atoms with van der Waals surface area (Å²) >= 11 is 0.